The summed E-state index contributed by atoms with van der Waals surface area (Å²) >= 11 is 0. The van der Waals surface area contributed by atoms with Crippen LogP contribution in [0.3, 0.4) is 0 Å². The number of tetrazole rings is 1. The van der Waals surface area contributed by atoms with E-state index < -0.39 is 5.91 Å². The number of benzene rings is 4. The molecule has 1 amide bonds. The zero-order chi connectivity index (χ0) is 32.3. The summed E-state index contributed by atoms with van der Waals surface area (Å²) in [4.78, 5) is 29.9. The van der Waals surface area contributed by atoms with Crippen LogP contribution < -0.4 is 20.2 Å². The van der Waals surface area contributed by atoms with E-state index in [9.17, 15) is 9.59 Å². The van der Waals surface area contributed by atoms with Crippen LogP contribution in [-0.4, -0.2) is 58.3 Å². The largest absolute Gasteiger partial charge is 0.493 e. The van der Waals surface area contributed by atoms with Crippen molar-refractivity contribution in [2.75, 3.05) is 32.6 Å². The molecule has 11 heteroatoms. The molecule has 3 heterocycles. The molecular formula is C36H32N6O5. The second kappa shape index (κ2) is 12.9. The number of nitrogens with one attached hydrogen (secondary N) is 1. The number of carbonyl (C=O) groups is 1. The van der Waals surface area contributed by atoms with Gasteiger partial charge in [-0.05, 0) is 65.1 Å². The summed E-state index contributed by atoms with van der Waals surface area (Å²) in [6, 6.07) is 27.9. The third kappa shape index (κ3) is 6.21. The van der Waals surface area contributed by atoms with E-state index in [1.807, 2.05) is 12.1 Å². The summed E-state index contributed by atoms with van der Waals surface area (Å²) < 4.78 is 16.7. The summed E-state index contributed by atoms with van der Waals surface area (Å²) in [5, 5.41) is 16.4. The molecular weight excluding hydrogens is 596 g/mol. The number of amides is 1. The highest BCUT2D eigenvalue weighted by Crippen LogP contribution is 2.38. The van der Waals surface area contributed by atoms with Gasteiger partial charge in [-0.25, -0.2) is 0 Å². The van der Waals surface area contributed by atoms with Gasteiger partial charge in [0.25, 0.3) is 5.91 Å². The van der Waals surface area contributed by atoms with E-state index in [-0.39, 0.29) is 17.0 Å². The number of aromatic nitrogens is 4. The Morgan fingerprint density at radius 3 is 2.47 bits per heavy atom. The van der Waals surface area contributed by atoms with Crippen LogP contribution in [0, 0.1) is 0 Å². The number of para-hydroxylation sites is 1. The first-order valence-corrected chi connectivity index (χ1v) is 15.3. The van der Waals surface area contributed by atoms with E-state index in [1.165, 1.54) is 41.8 Å². The number of hydrogen-bond donors (Lipinski definition) is 1. The Morgan fingerprint density at radius 1 is 0.915 bits per heavy atom. The number of hydrogen-bond acceptors (Lipinski definition) is 9. The quantitative estimate of drug-likeness (QED) is 0.227. The minimum Gasteiger partial charge on any atom is -0.493 e. The number of ether oxygens (including phenoxy) is 2. The third-order valence-corrected chi connectivity index (χ3v) is 8.38. The van der Waals surface area contributed by atoms with Crippen molar-refractivity contribution in [3.8, 4) is 28.6 Å². The SMILES string of the molecule is COc1cc(NC(=O)c2cc(=O)c3ccccc3o2)c(-c2nnn(-c3ccc(CCN4CCc5ccccc5C4)cc3)n2)cc1OC. The molecule has 0 atom stereocenters. The molecule has 6 aromatic rings. The first-order valence-electron chi connectivity index (χ1n) is 15.3. The van der Waals surface area contributed by atoms with Gasteiger partial charge in [0.1, 0.15) is 5.58 Å². The number of fused-ring (bicyclic) bond motifs is 2. The maximum absolute atomic E-state index is 13.3. The fourth-order valence-electron chi connectivity index (χ4n) is 5.83. The van der Waals surface area contributed by atoms with E-state index in [2.05, 4.69) is 62.0 Å². The van der Waals surface area contributed by atoms with E-state index in [0.717, 1.165) is 38.2 Å². The maximum Gasteiger partial charge on any atom is 0.291 e. The standard InChI is InChI=1S/C36H32N6O5/c1-45-32-19-28(29(20-33(32)46-2)37-36(44)34-21-30(43)27-9-5-6-10-31(27)47-34)35-38-40-42(39-35)26-13-11-23(12-14-26)15-17-41-18-16-24-7-3-4-8-25(24)22-41/h3-14,19-21H,15-18,22H2,1-2H3,(H,37,44). The van der Waals surface area contributed by atoms with Crippen LogP contribution in [0.25, 0.3) is 28.0 Å². The smallest absolute Gasteiger partial charge is 0.291 e. The van der Waals surface area contributed by atoms with Gasteiger partial charge in [0, 0.05) is 31.8 Å². The van der Waals surface area contributed by atoms with Gasteiger partial charge in [-0.15, -0.1) is 15.0 Å². The highest BCUT2D eigenvalue weighted by atomic mass is 16.5. The fourth-order valence-corrected chi connectivity index (χ4v) is 5.83. The maximum atomic E-state index is 13.3. The van der Waals surface area contributed by atoms with E-state index in [0.29, 0.717) is 33.7 Å². The van der Waals surface area contributed by atoms with Crippen LogP contribution in [0.4, 0.5) is 5.69 Å². The number of carbonyl (C=O) groups excluding carboxylic acids is 1. The monoisotopic (exact) mass is 628 g/mol. The summed E-state index contributed by atoms with van der Waals surface area (Å²) in [6.45, 7) is 3.03. The molecule has 0 fully saturated rings. The summed E-state index contributed by atoms with van der Waals surface area (Å²) in [6.07, 6.45) is 2.02. The predicted octanol–water partition coefficient (Wildman–Crippen LogP) is 5.31. The Kier molecular flexibility index (Phi) is 8.20. The fraction of sp³-hybridized carbons (Fsp3) is 0.194. The first-order chi connectivity index (χ1) is 23.0. The molecule has 0 unspecified atom stereocenters. The van der Waals surface area contributed by atoms with Crippen LogP contribution >= 0.6 is 0 Å². The summed E-state index contributed by atoms with van der Waals surface area (Å²) in [7, 11) is 3.01. The topological polar surface area (TPSA) is 125 Å². The molecule has 1 aliphatic heterocycles. The molecule has 47 heavy (non-hydrogen) atoms. The Morgan fingerprint density at radius 2 is 1.66 bits per heavy atom. The number of rotatable bonds is 9. The van der Waals surface area contributed by atoms with Crippen molar-refractivity contribution in [3.05, 3.63) is 124 Å². The van der Waals surface area contributed by atoms with Crippen molar-refractivity contribution in [1.82, 2.24) is 25.1 Å². The van der Waals surface area contributed by atoms with Crippen molar-refractivity contribution in [1.29, 1.82) is 0 Å². The number of methoxy groups -OCH3 is 2. The van der Waals surface area contributed by atoms with Crippen molar-refractivity contribution in [2.24, 2.45) is 0 Å². The minimum atomic E-state index is -0.627. The second-order valence-electron chi connectivity index (χ2n) is 11.3. The van der Waals surface area contributed by atoms with Crippen LogP contribution in [0.1, 0.15) is 27.2 Å². The molecule has 0 aliphatic carbocycles. The van der Waals surface area contributed by atoms with Gasteiger partial charge in [0.2, 0.25) is 5.82 Å². The minimum absolute atomic E-state index is 0.142. The molecule has 0 radical (unpaired) electrons. The molecule has 0 saturated carbocycles. The molecule has 2 aromatic heterocycles. The Hall–Kier alpha value is -5.81. The summed E-state index contributed by atoms with van der Waals surface area (Å²) in [5.74, 6) is 0.267. The van der Waals surface area contributed by atoms with Crippen LogP contribution in [-0.2, 0) is 19.4 Å². The van der Waals surface area contributed by atoms with E-state index >= 15 is 0 Å². The van der Waals surface area contributed by atoms with Crippen LogP contribution in [0.5, 0.6) is 11.5 Å². The Labute approximate surface area is 270 Å². The third-order valence-electron chi connectivity index (χ3n) is 8.38. The molecule has 1 aliphatic rings. The molecule has 1 N–H and O–H groups in total. The zero-order valence-corrected chi connectivity index (χ0v) is 26.0. The van der Waals surface area contributed by atoms with Crippen molar-refractivity contribution >= 4 is 22.6 Å². The van der Waals surface area contributed by atoms with E-state index in [1.54, 1.807) is 36.4 Å². The van der Waals surface area contributed by atoms with Crippen molar-refractivity contribution < 1.29 is 18.7 Å². The van der Waals surface area contributed by atoms with Gasteiger partial charge in [0.15, 0.2) is 22.7 Å². The van der Waals surface area contributed by atoms with Crippen molar-refractivity contribution in [3.63, 3.8) is 0 Å². The van der Waals surface area contributed by atoms with E-state index in [4.69, 9.17) is 13.9 Å². The predicted molar refractivity (Wildman–Crippen MR) is 177 cm³/mol. The van der Waals surface area contributed by atoms with Gasteiger partial charge in [-0.3, -0.25) is 14.5 Å². The average Bonchev–Trinajstić information content (AvgIpc) is 3.61. The Bertz CT molecular complexity index is 2140. The van der Waals surface area contributed by atoms with Crippen LogP contribution in [0.15, 0.2) is 100 Å². The van der Waals surface area contributed by atoms with Crippen LogP contribution in [0.2, 0.25) is 0 Å². The molecule has 4 aromatic carbocycles. The van der Waals surface area contributed by atoms with Gasteiger partial charge in [-0.1, -0.05) is 48.5 Å². The molecule has 0 spiro atoms. The average molecular weight is 629 g/mol. The Balaban J connectivity index is 1.10. The lowest BCUT2D eigenvalue weighted by atomic mass is 9.99. The number of nitrogens with zero attached hydrogens (tertiary/aromatic N) is 5. The lowest BCUT2D eigenvalue weighted by Crippen LogP contribution is -2.32. The van der Waals surface area contributed by atoms with Gasteiger partial charge < -0.3 is 19.2 Å². The second-order valence-corrected chi connectivity index (χ2v) is 11.3. The molecule has 7 rings (SSSR count). The molecule has 236 valence electrons. The normalized spacial score (nSPS) is 12.9. The highest BCUT2D eigenvalue weighted by molar-refractivity contribution is 6.05. The molecule has 0 saturated heterocycles. The molecule has 11 nitrogen and oxygen atoms in total. The van der Waals surface area contributed by atoms with Gasteiger partial charge in [-0.2, -0.15) is 0 Å². The lowest BCUT2D eigenvalue weighted by Gasteiger charge is -2.28. The number of anilines is 1. The van der Waals surface area contributed by atoms with Gasteiger partial charge >= 0.3 is 0 Å². The van der Waals surface area contributed by atoms with Crippen molar-refractivity contribution in [2.45, 2.75) is 19.4 Å². The lowest BCUT2D eigenvalue weighted by molar-refractivity contribution is 0.0997. The zero-order valence-electron chi connectivity index (χ0n) is 26.0. The van der Waals surface area contributed by atoms with Gasteiger partial charge in [0.05, 0.1) is 36.5 Å². The highest BCUT2D eigenvalue weighted by Gasteiger charge is 2.21. The first kappa shape index (κ1) is 29.9. The summed E-state index contributed by atoms with van der Waals surface area (Å²) in [5.41, 5.74) is 5.57. The molecule has 0 bridgehead atoms.